The molecule has 1 atom stereocenters. The number of halogens is 1. The Morgan fingerprint density at radius 1 is 1.47 bits per heavy atom. The first kappa shape index (κ1) is 13.8. The molecule has 1 aliphatic carbocycles. The van der Waals surface area contributed by atoms with Crippen molar-refractivity contribution in [3.05, 3.63) is 29.6 Å². The van der Waals surface area contributed by atoms with Gasteiger partial charge in [-0.25, -0.2) is 4.39 Å². The van der Waals surface area contributed by atoms with Gasteiger partial charge < -0.3 is 10.4 Å². The second-order valence-electron chi connectivity index (χ2n) is 6.06. The lowest BCUT2D eigenvalue weighted by Gasteiger charge is -2.35. The summed E-state index contributed by atoms with van der Waals surface area (Å²) in [5.41, 5.74) is -0.0566. The maximum Gasteiger partial charge on any atom is 0.258 e. The fraction of sp³-hybridized carbons (Fsp3) is 0.533. The van der Waals surface area contributed by atoms with Crippen LogP contribution in [0.3, 0.4) is 0 Å². The molecule has 1 aliphatic rings. The predicted octanol–water partition coefficient (Wildman–Crippen LogP) is 3.23. The van der Waals surface area contributed by atoms with Gasteiger partial charge in [0.15, 0.2) is 0 Å². The molecule has 19 heavy (non-hydrogen) atoms. The van der Waals surface area contributed by atoms with Crippen LogP contribution in [-0.4, -0.2) is 17.1 Å². The van der Waals surface area contributed by atoms with Crippen LogP contribution >= 0.6 is 0 Å². The zero-order valence-electron chi connectivity index (χ0n) is 11.4. The summed E-state index contributed by atoms with van der Waals surface area (Å²) in [6.07, 6.45) is 3.99. The number of aromatic hydroxyl groups is 1. The summed E-state index contributed by atoms with van der Waals surface area (Å²) in [5, 5.41) is 12.4. The van der Waals surface area contributed by atoms with Crippen molar-refractivity contribution in [2.24, 2.45) is 5.41 Å². The van der Waals surface area contributed by atoms with Gasteiger partial charge in [0.1, 0.15) is 17.1 Å². The molecule has 0 heterocycles. The Bertz CT molecular complexity index is 465. The van der Waals surface area contributed by atoms with Crippen LogP contribution < -0.4 is 5.32 Å². The summed E-state index contributed by atoms with van der Waals surface area (Å²) in [4.78, 5) is 12.1. The van der Waals surface area contributed by atoms with Crippen LogP contribution in [0.15, 0.2) is 18.2 Å². The molecular formula is C15H20FNO2. The van der Waals surface area contributed by atoms with Crippen LogP contribution in [-0.2, 0) is 0 Å². The largest absolute Gasteiger partial charge is 0.507 e. The second-order valence-corrected chi connectivity index (χ2v) is 6.06. The Kier molecular flexibility index (Phi) is 3.78. The third-order valence-corrected chi connectivity index (χ3v) is 3.76. The van der Waals surface area contributed by atoms with E-state index in [1.807, 2.05) is 0 Å². The highest BCUT2D eigenvalue weighted by Crippen LogP contribution is 2.35. The molecule has 1 aromatic carbocycles. The van der Waals surface area contributed by atoms with Crippen LogP contribution in [0.5, 0.6) is 5.75 Å². The Labute approximate surface area is 112 Å². The lowest BCUT2D eigenvalue weighted by Crippen LogP contribution is -2.40. The average Bonchev–Trinajstić information content (AvgIpc) is 2.27. The normalized spacial score (nSPS) is 21.9. The number of phenols is 1. The van der Waals surface area contributed by atoms with E-state index in [-0.39, 0.29) is 22.8 Å². The molecule has 0 saturated heterocycles. The molecule has 1 unspecified atom stereocenters. The first-order chi connectivity index (χ1) is 8.89. The smallest absolute Gasteiger partial charge is 0.258 e. The van der Waals surface area contributed by atoms with E-state index in [4.69, 9.17) is 0 Å². The number of amides is 1. The minimum absolute atomic E-state index is 0.0512. The predicted molar refractivity (Wildman–Crippen MR) is 71.6 cm³/mol. The third-order valence-electron chi connectivity index (χ3n) is 3.76. The summed E-state index contributed by atoms with van der Waals surface area (Å²) in [6.45, 7) is 4.35. The third kappa shape index (κ3) is 3.25. The van der Waals surface area contributed by atoms with Crippen LogP contribution in [0.2, 0.25) is 0 Å². The molecule has 1 fully saturated rings. The molecule has 0 aliphatic heterocycles. The highest BCUT2D eigenvalue weighted by molar-refractivity contribution is 5.97. The van der Waals surface area contributed by atoms with Gasteiger partial charge in [0.25, 0.3) is 5.91 Å². The van der Waals surface area contributed by atoms with E-state index in [1.165, 1.54) is 18.2 Å². The van der Waals surface area contributed by atoms with E-state index in [9.17, 15) is 14.3 Å². The number of hydrogen-bond donors (Lipinski definition) is 2. The fourth-order valence-corrected chi connectivity index (χ4v) is 2.82. The van der Waals surface area contributed by atoms with Gasteiger partial charge in [-0.1, -0.05) is 26.3 Å². The van der Waals surface area contributed by atoms with Crippen molar-refractivity contribution < 1.29 is 14.3 Å². The lowest BCUT2D eigenvalue weighted by molar-refractivity contribution is 0.0895. The second kappa shape index (κ2) is 5.19. The molecular weight excluding hydrogens is 245 g/mol. The van der Waals surface area contributed by atoms with Gasteiger partial charge in [0.2, 0.25) is 0 Å². The molecule has 1 amide bonds. The number of phenolic OH excluding ortho intramolecular Hbond substituents is 1. The molecule has 0 radical (unpaired) electrons. The Balaban J connectivity index is 2.09. The lowest BCUT2D eigenvalue weighted by atomic mass is 9.75. The van der Waals surface area contributed by atoms with Crippen molar-refractivity contribution in [3.8, 4) is 5.75 Å². The molecule has 1 aromatic rings. The molecule has 1 saturated carbocycles. The van der Waals surface area contributed by atoms with Gasteiger partial charge in [-0.3, -0.25) is 4.79 Å². The number of carbonyl (C=O) groups excluding carboxylic acids is 1. The minimum atomic E-state index is -0.687. The highest BCUT2D eigenvalue weighted by Gasteiger charge is 2.29. The first-order valence-corrected chi connectivity index (χ1v) is 6.67. The van der Waals surface area contributed by atoms with E-state index >= 15 is 0 Å². The van der Waals surface area contributed by atoms with Crippen molar-refractivity contribution >= 4 is 5.91 Å². The van der Waals surface area contributed by atoms with Crippen molar-refractivity contribution in [2.45, 2.75) is 45.6 Å². The maximum atomic E-state index is 13.6. The van der Waals surface area contributed by atoms with Crippen molar-refractivity contribution in [2.75, 3.05) is 0 Å². The molecule has 2 N–H and O–H groups in total. The molecule has 104 valence electrons. The van der Waals surface area contributed by atoms with E-state index in [0.29, 0.717) is 0 Å². The molecule has 0 spiro atoms. The van der Waals surface area contributed by atoms with Gasteiger partial charge >= 0.3 is 0 Å². The zero-order valence-corrected chi connectivity index (χ0v) is 11.4. The van der Waals surface area contributed by atoms with E-state index < -0.39 is 11.7 Å². The van der Waals surface area contributed by atoms with Crippen molar-refractivity contribution in [1.29, 1.82) is 0 Å². The van der Waals surface area contributed by atoms with Crippen molar-refractivity contribution in [1.82, 2.24) is 5.32 Å². The number of benzene rings is 1. The number of hydrogen-bond acceptors (Lipinski definition) is 2. The Morgan fingerprint density at radius 2 is 2.21 bits per heavy atom. The minimum Gasteiger partial charge on any atom is -0.507 e. The topological polar surface area (TPSA) is 49.3 Å². The molecule has 2 rings (SSSR count). The summed E-state index contributed by atoms with van der Waals surface area (Å²) in [6, 6.07) is 3.93. The fourth-order valence-electron chi connectivity index (χ4n) is 2.82. The van der Waals surface area contributed by atoms with Crippen LogP contribution in [0.25, 0.3) is 0 Å². The summed E-state index contributed by atoms with van der Waals surface area (Å²) >= 11 is 0. The summed E-state index contributed by atoms with van der Waals surface area (Å²) < 4.78 is 13.6. The van der Waals surface area contributed by atoms with Crippen LogP contribution in [0.4, 0.5) is 4.39 Å². The van der Waals surface area contributed by atoms with E-state index in [2.05, 4.69) is 19.2 Å². The SMILES string of the molecule is CC1(C)CCCC(NC(=O)c2c(O)cccc2F)C1. The number of carbonyl (C=O) groups is 1. The highest BCUT2D eigenvalue weighted by atomic mass is 19.1. The van der Waals surface area contributed by atoms with Gasteiger partial charge in [0, 0.05) is 6.04 Å². The molecule has 0 bridgehead atoms. The van der Waals surface area contributed by atoms with E-state index in [1.54, 1.807) is 0 Å². The van der Waals surface area contributed by atoms with E-state index in [0.717, 1.165) is 25.7 Å². The Morgan fingerprint density at radius 3 is 2.84 bits per heavy atom. The molecule has 4 heteroatoms. The van der Waals surface area contributed by atoms with Gasteiger partial charge in [-0.2, -0.15) is 0 Å². The molecule has 3 nitrogen and oxygen atoms in total. The average molecular weight is 265 g/mol. The maximum absolute atomic E-state index is 13.6. The van der Waals surface area contributed by atoms with Gasteiger partial charge in [0.05, 0.1) is 0 Å². The first-order valence-electron chi connectivity index (χ1n) is 6.67. The van der Waals surface area contributed by atoms with Gasteiger partial charge in [-0.05, 0) is 36.8 Å². The Hall–Kier alpha value is -1.58. The van der Waals surface area contributed by atoms with Crippen molar-refractivity contribution in [3.63, 3.8) is 0 Å². The number of rotatable bonds is 2. The van der Waals surface area contributed by atoms with Crippen LogP contribution in [0, 0.1) is 11.2 Å². The van der Waals surface area contributed by atoms with Gasteiger partial charge in [-0.15, -0.1) is 0 Å². The standard InChI is InChI=1S/C15H20FNO2/c1-15(2)8-4-5-10(9-15)17-14(19)13-11(16)6-3-7-12(13)18/h3,6-7,10,18H,4-5,8-9H2,1-2H3,(H,17,19). The number of nitrogens with one attached hydrogen (secondary N) is 1. The summed E-state index contributed by atoms with van der Waals surface area (Å²) in [5.74, 6) is -1.53. The summed E-state index contributed by atoms with van der Waals surface area (Å²) in [7, 11) is 0. The zero-order chi connectivity index (χ0) is 14.0. The van der Waals surface area contributed by atoms with Crippen LogP contribution in [0.1, 0.15) is 49.9 Å². The molecule has 0 aromatic heterocycles. The monoisotopic (exact) mass is 265 g/mol. The quantitative estimate of drug-likeness (QED) is 0.862.